The molecule has 2 nitrogen and oxygen atoms in total. The van der Waals surface area contributed by atoms with E-state index in [0.29, 0.717) is 5.89 Å². The molecule has 0 unspecified atom stereocenters. The second-order valence-corrected chi connectivity index (χ2v) is 3.22. The molecule has 0 N–H and O–H groups in total. The SMILES string of the molecule is CC.CC#Cc1ccc(C)c2nc(C)oc12. The quantitative estimate of drug-likeness (QED) is 0.624. The normalized spacial score (nSPS) is 9.06. The van der Waals surface area contributed by atoms with Crippen LogP contribution in [0.2, 0.25) is 0 Å². The summed E-state index contributed by atoms with van der Waals surface area (Å²) in [6, 6.07) is 3.99. The van der Waals surface area contributed by atoms with Gasteiger partial charge in [-0.3, -0.25) is 0 Å². The number of oxazole rings is 1. The lowest BCUT2D eigenvalue weighted by molar-refractivity contribution is 0.560. The number of aromatic nitrogens is 1. The molecule has 0 fully saturated rings. The van der Waals surface area contributed by atoms with Gasteiger partial charge in [0, 0.05) is 6.92 Å². The first-order chi connectivity index (χ1) is 7.72. The Morgan fingerprint density at radius 2 is 1.88 bits per heavy atom. The highest BCUT2D eigenvalue weighted by Crippen LogP contribution is 2.22. The summed E-state index contributed by atoms with van der Waals surface area (Å²) in [5, 5.41) is 0. The Hall–Kier alpha value is -1.75. The van der Waals surface area contributed by atoms with Crippen molar-refractivity contribution < 1.29 is 4.42 Å². The van der Waals surface area contributed by atoms with Crippen LogP contribution in [0.1, 0.15) is 37.8 Å². The molecule has 2 aromatic rings. The Bertz CT molecular complexity index is 541. The summed E-state index contributed by atoms with van der Waals surface area (Å²) < 4.78 is 5.52. The van der Waals surface area contributed by atoms with Crippen LogP contribution in [-0.2, 0) is 0 Å². The standard InChI is InChI=1S/C12H11NO.C2H6/c1-4-5-10-7-6-8(2)11-12(10)14-9(3)13-11;1-2/h6-7H,1-3H3;1-2H3. The molecule has 0 saturated carbocycles. The molecule has 0 aliphatic rings. The number of aryl methyl sites for hydroxylation is 2. The number of hydrogen-bond donors (Lipinski definition) is 0. The first-order valence-corrected chi connectivity index (χ1v) is 5.52. The predicted molar refractivity (Wildman–Crippen MR) is 67.4 cm³/mol. The number of rotatable bonds is 0. The van der Waals surface area contributed by atoms with Crippen molar-refractivity contribution in [2.75, 3.05) is 0 Å². The third kappa shape index (κ3) is 2.25. The van der Waals surface area contributed by atoms with E-state index >= 15 is 0 Å². The summed E-state index contributed by atoms with van der Waals surface area (Å²) in [6.45, 7) is 9.69. The number of nitrogens with zero attached hydrogens (tertiary/aromatic N) is 1. The second kappa shape index (κ2) is 5.37. The number of fused-ring (bicyclic) bond motifs is 1. The molecule has 0 aliphatic heterocycles. The molecule has 2 heteroatoms. The molecule has 0 atom stereocenters. The molecule has 0 spiro atoms. The van der Waals surface area contributed by atoms with E-state index in [0.717, 1.165) is 22.2 Å². The van der Waals surface area contributed by atoms with E-state index in [1.54, 1.807) is 0 Å². The van der Waals surface area contributed by atoms with Gasteiger partial charge in [0.2, 0.25) is 0 Å². The highest BCUT2D eigenvalue weighted by Gasteiger charge is 2.08. The van der Waals surface area contributed by atoms with Crippen molar-refractivity contribution in [1.29, 1.82) is 0 Å². The van der Waals surface area contributed by atoms with E-state index in [9.17, 15) is 0 Å². The Balaban J connectivity index is 0.000000606. The first kappa shape index (κ1) is 12.3. The zero-order chi connectivity index (χ0) is 12.1. The van der Waals surface area contributed by atoms with Crippen LogP contribution in [-0.4, -0.2) is 4.98 Å². The van der Waals surface area contributed by atoms with E-state index in [-0.39, 0.29) is 0 Å². The van der Waals surface area contributed by atoms with Gasteiger partial charge in [-0.25, -0.2) is 4.98 Å². The van der Waals surface area contributed by atoms with E-state index in [1.165, 1.54) is 0 Å². The van der Waals surface area contributed by atoms with Crippen LogP contribution >= 0.6 is 0 Å². The van der Waals surface area contributed by atoms with Crippen LogP contribution < -0.4 is 0 Å². The molecule has 0 bridgehead atoms. The number of hydrogen-bond acceptors (Lipinski definition) is 2. The lowest BCUT2D eigenvalue weighted by Gasteiger charge is -1.94. The molecule has 0 radical (unpaired) electrons. The minimum Gasteiger partial charge on any atom is -0.440 e. The zero-order valence-electron chi connectivity index (χ0n) is 10.5. The van der Waals surface area contributed by atoms with Crippen molar-refractivity contribution in [2.24, 2.45) is 0 Å². The van der Waals surface area contributed by atoms with Crippen molar-refractivity contribution in [1.82, 2.24) is 4.98 Å². The molecule has 16 heavy (non-hydrogen) atoms. The number of benzene rings is 1. The lowest BCUT2D eigenvalue weighted by Crippen LogP contribution is -1.80. The maximum Gasteiger partial charge on any atom is 0.192 e. The van der Waals surface area contributed by atoms with Crippen molar-refractivity contribution in [3.8, 4) is 11.8 Å². The molecule has 84 valence electrons. The van der Waals surface area contributed by atoms with Gasteiger partial charge in [-0.15, -0.1) is 5.92 Å². The summed E-state index contributed by atoms with van der Waals surface area (Å²) in [7, 11) is 0. The van der Waals surface area contributed by atoms with Crippen LogP contribution in [0, 0.1) is 25.7 Å². The molecule has 2 rings (SSSR count). The largest absolute Gasteiger partial charge is 0.440 e. The molecular formula is C14H17NO. The Kier molecular flexibility index (Phi) is 4.13. The zero-order valence-corrected chi connectivity index (χ0v) is 10.5. The molecule has 1 aromatic carbocycles. The van der Waals surface area contributed by atoms with Crippen molar-refractivity contribution in [3.05, 3.63) is 29.2 Å². The van der Waals surface area contributed by atoms with Crippen LogP contribution in [0.4, 0.5) is 0 Å². The van der Waals surface area contributed by atoms with Gasteiger partial charge in [-0.1, -0.05) is 25.8 Å². The minimum atomic E-state index is 0.688. The highest BCUT2D eigenvalue weighted by molar-refractivity contribution is 5.82. The van der Waals surface area contributed by atoms with Gasteiger partial charge in [0.25, 0.3) is 0 Å². The summed E-state index contributed by atoms with van der Waals surface area (Å²) in [5.41, 5.74) is 3.76. The van der Waals surface area contributed by atoms with Crippen LogP contribution in [0.3, 0.4) is 0 Å². The summed E-state index contributed by atoms with van der Waals surface area (Å²) in [4.78, 5) is 4.32. The summed E-state index contributed by atoms with van der Waals surface area (Å²) in [6.07, 6.45) is 0. The topological polar surface area (TPSA) is 26.0 Å². The van der Waals surface area contributed by atoms with E-state index in [2.05, 4.69) is 16.8 Å². The van der Waals surface area contributed by atoms with E-state index < -0.39 is 0 Å². The van der Waals surface area contributed by atoms with E-state index in [4.69, 9.17) is 4.42 Å². The average molecular weight is 215 g/mol. The molecular weight excluding hydrogens is 198 g/mol. The third-order valence-electron chi connectivity index (χ3n) is 2.11. The fourth-order valence-corrected chi connectivity index (χ4v) is 1.47. The Morgan fingerprint density at radius 1 is 1.19 bits per heavy atom. The van der Waals surface area contributed by atoms with Gasteiger partial charge in [0.05, 0.1) is 5.56 Å². The van der Waals surface area contributed by atoms with E-state index in [1.807, 2.05) is 46.8 Å². The summed E-state index contributed by atoms with van der Waals surface area (Å²) in [5.74, 6) is 6.56. The van der Waals surface area contributed by atoms with Gasteiger partial charge < -0.3 is 4.42 Å². The third-order valence-corrected chi connectivity index (χ3v) is 2.11. The van der Waals surface area contributed by atoms with Crippen LogP contribution in [0.25, 0.3) is 11.1 Å². The fourth-order valence-electron chi connectivity index (χ4n) is 1.47. The van der Waals surface area contributed by atoms with Crippen molar-refractivity contribution in [2.45, 2.75) is 34.6 Å². The van der Waals surface area contributed by atoms with Gasteiger partial charge in [-0.2, -0.15) is 0 Å². The lowest BCUT2D eigenvalue weighted by atomic mass is 10.1. The van der Waals surface area contributed by atoms with Gasteiger partial charge in [-0.05, 0) is 25.5 Å². The van der Waals surface area contributed by atoms with Gasteiger partial charge in [0.1, 0.15) is 5.52 Å². The Labute approximate surface area is 96.7 Å². The minimum absolute atomic E-state index is 0.688. The fraction of sp³-hybridized carbons (Fsp3) is 0.357. The average Bonchev–Trinajstić information content (AvgIpc) is 2.68. The monoisotopic (exact) mass is 215 g/mol. The van der Waals surface area contributed by atoms with Crippen LogP contribution in [0.5, 0.6) is 0 Å². The molecule has 1 heterocycles. The predicted octanol–water partition coefficient (Wildman–Crippen LogP) is 3.84. The van der Waals surface area contributed by atoms with Gasteiger partial charge in [0.15, 0.2) is 11.5 Å². The first-order valence-electron chi connectivity index (χ1n) is 5.52. The maximum absolute atomic E-state index is 5.52. The Morgan fingerprint density at radius 3 is 2.50 bits per heavy atom. The molecule has 0 aliphatic carbocycles. The molecule has 1 aromatic heterocycles. The van der Waals surface area contributed by atoms with Crippen molar-refractivity contribution in [3.63, 3.8) is 0 Å². The van der Waals surface area contributed by atoms with Crippen molar-refractivity contribution >= 4 is 11.1 Å². The highest BCUT2D eigenvalue weighted by atomic mass is 16.3. The molecule has 0 saturated heterocycles. The smallest absolute Gasteiger partial charge is 0.192 e. The van der Waals surface area contributed by atoms with Crippen LogP contribution in [0.15, 0.2) is 16.5 Å². The second-order valence-electron chi connectivity index (χ2n) is 3.22. The summed E-state index contributed by atoms with van der Waals surface area (Å²) >= 11 is 0. The van der Waals surface area contributed by atoms with Gasteiger partial charge >= 0.3 is 0 Å². The molecule has 0 amide bonds. The maximum atomic E-state index is 5.52.